The first-order valence-corrected chi connectivity index (χ1v) is 5.92. The van der Waals surface area contributed by atoms with Gasteiger partial charge in [-0.15, -0.1) is 0 Å². The van der Waals surface area contributed by atoms with Gasteiger partial charge in [0.05, 0.1) is 0 Å². The first kappa shape index (κ1) is 8.52. The topological polar surface area (TPSA) is 0 Å². The Morgan fingerprint density at radius 2 is 2.14 bits per heavy atom. The van der Waals surface area contributed by atoms with E-state index in [1.54, 1.807) is 0 Å². The van der Waals surface area contributed by atoms with E-state index in [-0.39, 0.29) is 0 Å². The van der Waals surface area contributed by atoms with Crippen LogP contribution in [0.25, 0.3) is 0 Å². The normalized spacial score (nSPS) is 44.6. The Bertz CT molecular complexity index is 308. The molecule has 0 aromatic rings. The molecule has 74 valence electrons. The summed E-state index contributed by atoms with van der Waals surface area (Å²) in [6.45, 7) is 0. The van der Waals surface area contributed by atoms with Gasteiger partial charge in [-0.1, -0.05) is 42.9 Å². The van der Waals surface area contributed by atoms with E-state index in [1.807, 2.05) is 0 Å². The number of allylic oxidation sites excluding steroid dienone is 6. The Morgan fingerprint density at radius 3 is 3.14 bits per heavy atom. The molecule has 14 heavy (non-hydrogen) atoms. The molecule has 3 aliphatic rings. The average Bonchev–Trinajstić information content (AvgIpc) is 2.37. The third kappa shape index (κ3) is 1.20. The molecular weight excluding hydrogens is 168 g/mol. The molecule has 0 N–H and O–H groups in total. The summed E-state index contributed by atoms with van der Waals surface area (Å²) < 4.78 is 0. The minimum absolute atomic E-state index is 0.529. The second-order valence-corrected chi connectivity index (χ2v) is 5.10. The summed E-state index contributed by atoms with van der Waals surface area (Å²) in [6.07, 6.45) is 21.3. The fraction of sp³-hybridized carbons (Fsp3) is 0.571. The zero-order valence-corrected chi connectivity index (χ0v) is 8.65. The smallest absolute Gasteiger partial charge is 0.00467 e. The van der Waals surface area contributed by atoms with Gasteiger partial charge in [0.2, 0.25) is 0 Å². The Hall–Kier alpha value is -0.780. The van der Waals surface area contributed by atoms with Crippen LogP contribution in [0, 0.1) is 17.3 Å². The van der Waals surface area contributed by atoms with Crippen molar-refractivity contribution in [2.45, 2.75) is 32.1 Å². The van der Waals surface area contributed by atoms with E-state index >= 15 is 0 Å². The molecule has 1 spiro atoms. The minimum atomic E-state index is 0.529. The van der Waals surface area contributed by atoms with Gasteiger partial charge in [-0.3, -0.25) is 0 Å². The predicted molar refractivity (Wildman–Crippen MR) is 59.9 cm³/mol. The van der Waals surface area contributed by atoms with Crippen molar-refractivity contribution in [2.24, 2.45) is 17.3 Å². The van der Waals surface area contributed by atoms with Crippen molar-refractivity contribution in [3.05, 3.63) is 36.5 Å². The average molecular weight is 186 g/mol. The van der Waals surface area contributed by atoms with Gasteiger partial charge in [0.15, 0.2) is 0 Å². The molecule has 0 aliphatic heterocycles. The fourth-order valence-corrected chi connectivity index (χ4v) is 3.54. The van der Waals surface area contributed by atoms with Crippen LogP contribution < -0.4 is 0 Å². The maximum atomic E-state index is 2.50. The van der Waals surface area contributed by atoms with Gasteiger partial charge >= 0.3 is 0 Å². The fourth-order valence-electron chi connectivity index (χ4n) is 3.54. The lowest BCUT2D eigenvalue weighted by Crippen LogP contribution is -2.22. The number of hydrogen-bond acceptors (Lipinski definition) is 0. The Balaban J connectivity index is 2.03. The van der Waals surface area contributed by atoms with Crippen molar-refractivity contribution >= 4 is 0 Å². The van der Waals surface area contributed by atoms with E-state index in [2.05, 4.69) is 36.5 Å². The highest BCUT2D eigenvalue weighted by atomic mass is 14.5. The molecule has 3 aliphatic carbocycles. The van der Waals surface area contributed by atoms with Gasteiger partial charge in [0.1, 0.15) is 0 Å². The molecule has 3 rings (SSSR count). The summed E-state index contributed by atoms with van der Waals surface area (Å²) in [6, 6.07) is 0. The molecule has 0 aromatic carbocycles. The van der Waals surface area contributed by atoms with Crippen molar-refractivity contribution in [3.8, 4) is 0 Å². The zero-order valence-electron chi connectivity index (χ0n) is 8.65. The molecule has 2 bridgehead atoms. The molecule has 0 nitrogen and oxygen atoms in total. The first-order chi connectivity index (χ1) is 6.89. The molecule has 0 amide bonds. The lowest BCUT2D eigenvalue weighted by atomic mass is 9.73. The van der Waals surface area contributed by atoms with Crippen LogP contribution in [0.15, 0.2) is 36.5 Å². The molecule has 0 unspecified atom stereocenters. The van der Waals surface area contributed by atoms with Crippen LogP contribution in [-0.4, -0.2) is 0 Å². The molecule has 0 saturated heterocycles. The maximum Gasteiger partial charge on any atom is -0.00467 e. The van der Waals surface area contributed by atoms with E-state index in [9.17, 15) is 0 Å². The minimum Gasteiger partial charge on any atom is -0.0876 e. The third-order valence-electron chi connectivity index (χ3n) is 4.27. The van der Waals surface area contributed by atoms with Gasteiger partial charge in [-0.05, 0) is 42.9 Å². The molecule has 1 saturated carbocycles. The summed E-state index contributed by atoms with van der Waals surface area (Å²) in [4.78, 5) is 0. The van der Waals surface area contributed by atoms with Crippen LogP contribution in [0.5, 0.6) is 0 Å². The van der Waals surface area contributed by atoms with Gasteiger partial charge in [-0.25, -0.2) is 0 Å². The SMILES string of the molecule is C1=C[C@H]2CC=C[C@H]3CCC[C@]3(C=C1)C2. The van der Waals surface area contributed by atoms with E-state index in [1.165, 1.54) is 32.1 Å². The van der Waals surface area contributed by atoms with E-state index in [4.69, 9.17) is 0 Å². The van der Waals surface area contributed by atoms with Crippen LogP contribution in [0.3, 0.4) is 0 Å². The quantitative estimate of drug-likeness (QED) is 0.504. The molecule has 0 heterocycles. The van der Waals surface area contributed by atoms with Gasteiger partial charge in [0, 0.05) is 0 Å². The Labute approximate surface area is 86.4 Å². The van der Waals surface area contributed by atoms with Crippen molar-refractivity contribution in [2.75, 3.05) is 0 Å². The monoisotopic (exact) mass is 186 g/mol. The van der Waals surface area contributed by atoms with Crippen molar-refractivity contribution in [1.82, 2.24) is 0 Å². The second-order valence-electron chi connectivity index (χ2n) is 5.10. The third-order valence-corrected chi connectivity index (χ3v) is 4.27. The standard InChI is InChI=1S/C14H18/c1-2-9-14-10-4-8-13(14)7-3-6-12(5-1)11-14/h1-3,5,7,9,12-13H,4,6,8,10-11H2/t12-,13-,14+/m0/s1. The lowest BCUT2D eigenvalue weighted by molar-refractivity contribution is 0.274. The Morgan fingerprint density at radius 1 is 1.14 bits per heavy atom. The number of hydrogen-bond donors (Lipinski definition) is 0. The summed E-state index contributed by atoms with van der Waals surface area (Å²) in [5, 5.41) is 0. The van der Waals surface area contributed by atoms with Crippen molar-refractivity contribution < 1.29 is 0 Å². The number of fused-ring (bicyclic) bond motifs is 1. The largest absolute Gasteiger partial charge is 0.0876 e. The highest BCUT2D eigenvalue weighted by molar-refractivity contribution is 5.22. The molecule has 1 fully saturated rings. The van der Waals surface area contributed by atoms with E-state index < -0.39 is 0 Å². The van der Waals surface area contributed by atoms with E-state index in [0.717, 1.165) is 11.8 Å². The van der Waals surface area contributed by atoms with Crippen LogP contribution in [0.1, 0.15) is 32.1 Å². The summed E-state index contributed by atoms with van der Waals surface area (Å²) >= 11 is 0. The predicted octanol–water partition coefficient (Wildman–Crippen LogP) is 3.87. The summed E-state index contributed by atoms with van der Waals surface area (Å²) in [5.41, 5.74) is 0.529. The molecule has 0 aromatic heterocycles. The molecule has 3 atom stereocenters. The molecule has 0 heteroatoms. The second kappa shape index (κ2) is 3.12. The van der Waals surface area contributed by atoms with Crippen LogP contribution in [0.2, 0.25) is 0 Å². The van der Waals surface area contributed by atoms with E-state index in [0.29, 0.717) is 5.41 Å². The lowest BCUT2D eigenvalue weighted by Gasteiger charge is -2.31. The van der Waals surface area contributed by atoms with Crippen LogP contribution in [0.4, 0.5) is 0 Å². The van der Waals surface area contributed by atoms with Crippen LogP contribution in [-0.2, 0) is 0 Å². The van der Waals surface area contributed by atoms with Gasteiger partial charge < -0.3 is 0 Å². The van der Waals surface area contributed by atoms with Crippen molar-refractivity contribution in [3.63, 3.8) is 0 Å². The van der Waals surface area contributed by atoms with Crippen LogP contribution >= 0.6 is 0 Å². The zero-order chi connectivity index (χ0) is 9.43. The van der Waals surface area contributed by atoms with Crippen molar-refractivity contribution in [1.29, 1.82) is 0 Å². The Kier molecular flexibility index (Phi) is 1.90. The summed E-state index contributed by atoms with van der Waals surface area (Å²) in [7, 11) is 0. The molecular formula is C14H18. The van der Waals surface area contributed by atoms with Gasteiger partial charge in [-0.2, -0.15) is 0 Å². The van der Waals surface area contributed by atoms with Gasteiger partial charge in [0.25, 0.3) is 0 Å². The highest BCUT2D eigenvalue weighted by Crippen LogP contribution is 2.52. The number of rotatable bonds is 0. The first-order valence-electron chi connectivity index (χ1n) is 5.92. The molecule has 0 radical (unpaired) electrons. The summed E-state index contributed by atoms with van der Waals surface area (Å²) in [5.74, 6) is 1.63. The maximum absolute atomic E-state index is 2.50. The highest BCUT2D eigenvalue weighted by Gasteiger charge is 2.41.